The molecule has 0 spiro atoms. The molecule has 1 aliphatic rings. The standard InChI is InChI=1S/C21H23N3O2/c1-16-6-4-7-17(14-16)15-22-23-20(25)11-12-21(26)24-13-5-9-18-8-2-3-10-19(18)24/h2-4,6-8,10,14-15H,5,9,11-13H2,1H3,(H,23,25)/b22-15+. The number of amides is 2. The van der Waals surface area contributed by atoms with Gasteiger partial charge in [-0.1, -0.05) is 48.0 Å². The van der Waals surface area contributed by atoms with E-state index in [-0.39, 0.29) is 24.7 Å². The Hall–Kier alpha value is -2.95. The zero-order valence-electron chi connectivity index (χ0n) is 14.9. The van der Waals surface area contributed by atoms with Gasteiger partial charge in [-0.15, -0.1) is 0 Å². The van der Waals surface area contributed by atoms with E-state index >= 15 is 0 Å². The second kappa shape index (κ2) is 8.43. The third-order valence-corrected chi connectivity index (χ3v) is 4.42. The van der Waals surface area contributed by atoms with Crippen LogP contribution in [0.25, 0.3) is 0 Å². The minimum atomic E-state index is -0.257. The number of hydrazone groups is 1. The van der Waals surface area contributed by atoms with Gasteiger partial charge in [-0.25, -0.2) is 5.43 Å². The van der Waals surface area contributed by atoms with Crippen molar-refractivity contribution in [3.8, 4) is 0 Å². The smallest absolute Gasteiger partial charge is 0.240 e. The molecule has 0 aliphatic carbocycles. The van der Waals surface area contributed by atoms with Crippen LogP contribution in [0.4, 0.5) is 5.69 Å². The highest BCUT2D eigenvalue weighted by atomic mass is 16.2. The normalized spacial score (nSPS) is 13.5. The van der Waals surface area contributed by atoms with Crippen molar-refractivity contribution in [1.29, 1.82) is 0 Å². The van der Waals surface area contributed by atoms with Crippen molar-refractivity contribution >= 4 is 23.7 Å². The summed E-state index contributed by atoms with van der Waals surface area (Å²) in [6.45, 7) is 2.71. The van der Waals surface area contributed by atoms with Crippen LogP contribution in [0.15, 0.2) is 53.6 Å². The molecular weight excluding hydrogens is 326 g/mol. The summed E-state index contributed by atoms with van der Waals surface area (Å²) < 4.78 is 0. The Labute approximate surface area is 153 Å². The van der Waals surface area contributed by atoms with Gasteiger partial charge < -0.3 is 4.90 Å². The van der Waals surface area contributed by atoms with Gasteiger partial charge in [0, 0.05) is 25.1 Å². The molecule has 5 nitrogen and oxygen atoms in total. The van der Waals surface area contributed by atoms with Crippen LogP contribution in [-0.4, -0.2) is 24.6 Å². The summed E-state index contributed by atoms with van der Waals surface area (Å²) in [4.78, 5) is 26.2. The number of nitrogens with zero attached hydrogens (tertiary/aromatic N) is 2. The molecule has 2 amide bonds. The molecule has 0 bridgehead atoms. The highest BCUT2D eigenvalue weighted by molar-refractivity contribution is 5.96. The molecule has 0 unspecified atom stereocenters. The van der Waals surface area contributed by atoms with E-state index in [0.29, 0.717) is 6.54 Å². The van der Waals surface area contributed by atoms with Crippen LogP contribution in [0, 0.1) is 6.92 Å². The first-order chi connectivity index (χ1) is 12.6. The lowest BCUT2D eigenvalue weighted by Gasteiger charge is -2.29. The average Bonchev–Trinajstić information content (AvgIpc) is 2.66. The fourth-order valence-corrected chi connectivity index (χ4v) is 3.13. The van der Waals surface area contributed by atoms with Gasteiger partial charge >= 0.3 is 0 Å². The van der Waals surface area contributed by atoms with Gasteiger partial charge in [-0.3, -0.25) is 9.59 Å². The van der Waals surface area contributed by atoms with Crippen molar-refractivity contribution in [3.05, 3.63) is 65.2 Å². The Kier molecular flexibility index (Phi) is 5.79. The fraction of sp³-hybridized carbons (Fsp3) is 0.286. The maximum absolute atomic E-state index is 12.5. The Balaban J connectivity index is 1.50. The monoisotopic (exact) mass is 349 g/mol. The lowest BCUT2D eigenvalue weighted by molar-refractivity contribution is -0.125. The van der Waals surface area contributed by atoms with E-state index in [1.807, 2.05) is 49.4 Å². The molecule has 134 valence electrons. The first-order valence-electron chi connectivity index (χ1n) is 8.90. The van der Waals surface area contributed by atoms with Crippen LogP contribution in [-0.2, 0) is 16.0 Å². The van der Waals surface area contributed by atoms with Gasteiger partial charge in [-0.2, -0.15) is 5.10 Å². The molecule has 5 heteroatoms. The van der Waals surface area contributed by atoms with E-state index in [0.717, 1.165) is 29.7 Å². The largest absolute Gasteiger partial charge is 0.312 e. The molecule has 1 aliphatic heterocycles. The number of carbonyl (C=O) groups excluding carboxylic acids is 2. The maximum Gasteiger partial charge on any atom is 0.240 e. The predicted octanol–water partition coefficient (Wildman–Crippen LogP) is 3.20. The van der Waals surface area contributed by atoms with Crippen LogP contribution in [0.2, 0.25) is 0 Å². The molecule has 0 atom stereocenters. The summed E-state index contributed by atoms with van der Waals surface area (Å²) in [7, 11) is 0. The zero-order valence-corrected chi connectivity index (χ0v) is 14.9. The SMILES string of the molecule is Cc1cccc(/C=N/NC(=O)CCC(=O)N2CCCc3ccccc32)c1. The van der Waals surface area contributed by atoms with E-state index in [1.165, 1.54) is 5.56 Å². The summed E-state index contributed by atoms with van der Waals surface area (Å²) in [6.07, 6.45) is 3.86. The predicted molar refractivity (Wildman–Crippen MR) is 103 cm³/mol. The first-order valence-corrected chi connectivity index (χ1v) is 8.90. The highest BCUT2D eigenvalue weighted by Gasteiger charge is 2.22. The molecular formula is C21H23N3O2. The fourth-order valence-electron chi connectivity index (χ4n) is 3.13. The minimum absolute atomic E-state index is 0.0186. The Morgan fingerprint density at radius 3 is 2.85 bits per heavy atom. The number of carbonyl (C=O) groups is 2. The number of nitrogens with one attached hydrogen (secondary N) is 1. The molecule has 0 fully saturated rings. The van der Waals surface area contributed by atoms with Crippen molar-refractivity contribution in [2.75, 3.05) is 11.4 Å². The zero-order chi connectivity index (χ0) is 18.4. The van der Waals surface area contributed by atoms with Gasteiger partial charge in [0.2, 0.25) is 11.8 Å². The molecule has 26 heavy (non-hydrogen) atoms. The van der Waals surface area contributed by atoms with Crippen LogP contribution in [0.1, 0.15) is 36.0 Å². The van der Waals surface area contributed by atoms with Crippen LogP contribution in [0.5, 0.6) is 0 Å². The third kappa shape index (κ3) is 4.57. The van der Waals surface area contributed by atoms with Crippen molar-refractivity contribution in [3.63, 3.8) is 0 Å². The van der Waals surface area contributed by atoms with Crippen LogP contribution in [0.3, 0.4) is 0 Å². The molecule has 1 N–H and O–H groups in total. The lowest BCUT2D eigenvalue weighted by atomic mass is 10.0. The topological polar surface area (TPSA) is 61.8 Å². The molecule has 0 aromatic heterocycles. The van der Waals surface area contributed by atoms with Gasteiger partial charge in [0.1, 0.15) is 0 Å². The molecule has 3 rings (SSSR count). The Morgan fingerprint density at radius 1 is 1.15 bits per heavy atom. The number of anilines is 1. The summed E-state index contributed by atoms with van der Waals surface area (Å²) in [5.41, 5.74) is 6.71. The van der Waals surface area contributed by atoms with E-state index in [9.17, 15) is 9.59 Å². The Morgan fingerprint density at radius 2 is 2.00 bits per heavy atom. The summed E-state index contributed by atoms with van der Waals surface area (Å²) >= 11 is 0. The summed E-state index contributed by atoms with van der Waals surface area (Å²) in [6, 6.07) is 15.8. The van der Waals surface area contributed by atoms with E-state index in [4.69, 9.17) is 0 Å². The van der Waals surface area contributed by atoms with Gasteiger partial charge in [0.15, 0.2) is 0 Å². The van der Waals surface area contributed by atoms with Gasteiger partial charge in [0.05, 0.1) is 6.21 Å². The van der Waals surface area contributed by atoms with E-state index in [1.54, 1.807) is 11.1 Å². The van der Waals surface area contributed by atoms with E-state index < -0.39 is 0 Å². The second-order valence-electron chi connectivity index (χ2n) is 6.48. The summed E-state index contributed by atoms with van der Waals surface area (Å²) in [5.74, 6) is -0.275. The van der Waals surface area contributed by atoms with E-state index in [2.05, 4.69) is 16.6 Å². The molecule has 0 saturated carbocycles. The molecule has 2 aromatic carbocycles. The summed E-state index contributed by atoms with van der Waals surface area (Å²) in [5, 5.41) is 3.96. The van der Waals surface area contributed by atoms with Crippen molar-refractivity contribution in [2.24, 2.45) is 5.10 Å². The quantitative estimate of drug-likeness (QED) is 0.665. The second-order valence-corrected chi connectivity index (χ2v) is 6.48. The Bertz CT molecular complexity index is 830. The number of benzene rings is 2. The van der Waals surface area contributed by atoms with Gasteiger partial charge in [-0.05, 0) is 37.0 Å². The van der Waals surface area contributed by atoms with Crippen molar-refractivity contribution < 1.29 is 9.59 Å². The average molecular weight is 349 g/mol. The number of rotatable bonds is 5. The number of fused-ring (bicyclic) bond motifs is 1. The number of hydrogen-bond acceptors (Lipinski definition) is 3. The van der Waals surface area contributed by atoms with Crippen molar-refractivity contribution in [2.45, 2.75) is 32.6 Å². The number of hydrogen-bond donors (Lipinski definition) is 1. The molecule has 0 radical (unpaired) electrons. The van der Waals surface area contributed by atoms with Gasteiger partial charge in [0.25, 0.3) is 0 Å². The van der Waals surface area contributed by atoms with Crippen LogP contribution >= 0.6 is 0 Å². The minimum Gasteiger partial charge on any atom is -0.312 e. The highest BCUT2D eigenvalue weighted by Crippen LogP contribution is 2.27. The maximum atomic E-state index is 12.5. The molecule has 1 heterocycles. The third-order valence-electron chi connectivity index (χ3n) is 4.42. The lowest BCUT2D eigenvalue weighted by Crippen LogP contribution is -2.36. The number of aryl methyl sites for hydroxylation is 2. The van der Waals surface area contributed by atoms with Crippen molar-refractivity contribution in [1.82, 2.24) is 5.43 Å². The molecule has 2 aromatic rings. The first kappa shape index (κ1) is 17.9. The van der Waals surface area contributed by atoms with Crippen LogP contribution < -0.4 is 10.3 Å². The number of para-hydroxylation sites is 1. The molecule has 0 saturated heterocycles.